The number of carbonyl (C=O) groups is 2. The molecule has 0 aliphatic heterocycles. The summed E-state index contributed by atoms with van der Waals surface area (Å²) >= 11 is 11.9. The molecule has 0 heterocycles. The van der Waals surface area contributed by atoms with Crippen LogP contribution in [0.3, 0.4) is 0 Å². The summed E-state index contributed by atoms with van der Waals surface area (Å²) in [4.78, 5) is 27.7. The van der Waals surface area contributed by atoms with Crippen molar-refractivity contribution in [1.82, 2.24) is 0 Å². The molecule has 1 aromatic carbocycles. The lowest BCUT2D eigenvalue weighted by molar-refractivity contribution is -0.136. The molecule has 5 nitrogen and oxygen atoms in total. The summed E-state index contributed by atoms with van der Waals surface area (Å²) in [6.07, 6.45) is 0. The van der Waals surface area contributed by atoms with E-state index in [4.69, 9.17) is 32.8 Å². The number of Topliss-reactive ketones (excluding diaryl/α,β-unsaturated/α-hetero) is 1. The number of ketones is 1. The van der Waals surface area contributed by atoms with Crippen LogP contribution in [0.2, 0.25) is 10.0 Å². The third-order valence-electron chi connectivity index (χ3n) is 2.23. The van der Waals surface area contributed by atoms with Gasteiger partial charge in [0.05, 0.1) is 6.61 Å². The Kier molecular flexibility index (Phi) is 6.48. The molecule has 0 radical (unpaired) electrons. The number of oxime groups is 1. The van der Waals surface area contributed by atoms with Crippen LogP contribution >= 0.6 is 23.2 Å². The maximum atomic E-state index is 11.5. The number of carbonyl (C=O) groups excluding carboxylic acids is 2. The molecule has 0 saturated heterocycles. The van der Waals surface area contributed by atoms with Crippen LogP contribution in [0.25, 0.3) is 0 Å². The second kappa shape index (κ2) is 7.87. The van der Waals surface area contributed by atoms with Crippen LogP contribution < -0.4 is 0 Å². The average molecular weight is 318 g/mol. The van der Waals surface area contributed by atoms with Crippen molar-refractivity contribution in [3.8, 4) is 0 Å². The van der Waals surface area contributed by atoms with Crippen LogP contribution in [0.15, 0.2) is 23.4 Å². The lowest BCUT2D eigenvalue weighted by atomic mass is 10.2. The highest BCUT2D eigenvalue weighted by Gasteiger charge is 2.19. The van der Waals surface area contributed by atoms with Gasteiger partial charge in [0.25, 0.3) is 0 Å². The van der Waals surface area contributed by atoms with Crippen molar-refractivity contribution in [2.45, 2.75) is 20.5 Å². The van der Waals surface area contributed by atoms with E-state index in [9.17, 15) is 9.59 Å². The molecular formula is C13H13Cl2NO4. The summed E-state index contributed by atoms with van der Waals surface area (Å²) in [6, 6.07) is 4.98. The first-order valence-corrected chi connectivity index (χ1v) is 6.53. The standard InChI is InChI=1S/C13H13Cl2NO4/c1-3-19-13(18)12(8(2)17)16-20-7-9-10(14)5-4-6-11(9)15/h4-6H,3,7H2,1-2H3. The molecule has 0 atom stereocenters. The van der Waals surface area contributed by atoms with Crippen LogP contribution in [-0.2, 0) is 25.8 Å². The Morgan fingerprint density at radius 1 is 1.25 bits per heavy atom. The molecule has 1 rings (SSSR count). The van der Waals surface area contributed by atoms with Gasteiger partial charge in [0.1, 0.15) is 6.61 Å². The average Bonchev–Trinajstić information content (AvgIpc) is 2.37. The van der Waals surface area contributed by atoms with Gasteiger partial charge in [0.15, 0.2) is 5.78 Å². The van der Waals surface area contributed by atoms with E-state index in [-0.39, 0.29) is 13.2 Å². The van der Waals surface area contributed by atoms with Gasteiger partial charge in [-0.2, -0.15) is 0 Å². The topological polar surface area (TPSA) is 65.0 Å². The number of rotatable bonds is 6. The summed E-state index contributed by atoms with van der Waals surface area (Å²) < 4.78 is 4.69. The van der Waals surface area contributed by atoms with E-state index >= 15 is 0 Å². The fourth-order valence-corrected chi connectivity index (χ4v) is 1.78. The number of benzene rings is 1. The van der Waals surface area contributed by atoms with Crippen molar-refractivity contribution in [2.24, 2.45) is 5.16 Å². The van der Waals surface area contributed by atoms with Crippen LogP contribution in [0, 0.1) is 0 Å². The molecule has 20 heavy (non-hydrogen) atoms. The molecule has 0 unspecified atom stereocenters. The van der Waals surface area contributed by atoms with Gasteiger partial charge in [-0.15, -0.1) is 0 Å². The fraction of sp³-hybridized carbons (Fsp3) is 0.308. The van der Waals surface area contributed by atoms with Gasteiger partial charge in [-0.25, -0.2) is 4.79 Å². The van der Waals surface area contributed by atoms with E-state index < -0.39 is 17.5 Å². The van der Waals surface area contributed by atoms with E-state index in [0.29, 0.717) is 15.6 Å². The Balaban J connectivity index is 2.79. The maximum Gasteiger partial charge on any atom is 0.364 e. The fourth-order valence-electron chi connectivity index (χ4n) is 1.28. The van der Waals surface area contributed by atoms with E-state index in [2.05, 4.69) is 5.16 Å². The molecule has 0 aliphatic rings. The zero-order chi connectivity index (χ0) is 15.1. The first kappa shape index (κ1) is 16.5. The van der Waals surface area contributed by atoms with Gasteiger partial charge in [-0.3, -0.25) is 4.79 Å². The first-order valence-electron chi connectivity index (χ1n) is 5.78. The summed E-state index contributed by atoms with van der Waals surface area (Å²) in [5.41, 5.74) is 0.112. The Hall–Kier alpha value is -1.59. The van der Waals surface area contributed by atoms with Crippen molar-refractivity contribution in [1.29, 1.82) is 0 Å². The molecule has 0 aliphatic carbocycles. The quantitative estimate of drug-likeness (QED) is 0.350. The van der Waals surface area contributed by atoms with Crippen molar-refractivity contribution in [2.75, 3.05) is 6.61 Å². The predicted octanol–water partition coefficient (Wildman–Crippen LogP) is 3.02. The minimum absolute atomic E-state index is 0.0608. The highest BCUT2D eigenvalue weighted by molar-refractivity contribution is 6.63. The predicted molar refractivity (Wildman–Crippen MR) is 76.0 cm³/mol. The Morgan fingerprint density at radius 3 is 2.35 bits per heavy atom. The molecule has 0 spiro atoms. The van der Waals surface area contributed by atoms with E-state index in [0.717, 1.165) is 0 Å². The number of hydrogen-bond acceptors (Lipinski definition) is 5. The van der Waals surface area contributed by atoms with Gasteiger partial charge in [0.2, 0.25) is 5.71 Å². The molecule has 0 amide bonds. The second-order valence-corrected chi connectivity index (χ2v) is 4.50. The highest BCUT2D eigenvalue weighted by atomic mass is 35.5. The van der Waals surface area contributed by atoms with Gasteiger partial charge in [0, 0.05) is 22.5 Å². The minimum Gasteiger partial charge on any atom is -0.461 e. The molecular weight excluding hydrogens is 305 g/mol. The minimum atomic E-state index is -0.828. The van der Waals surface area contributed by atoms with Crippen molar-refractivity contribution in [3.05, 3.63) is 33.8 Å². The lowest BCUT2D eigenvalue weighted by Gasteiger charge is -2.06. The number of nitrogens with zero attached hydrogens (tertiary/aromatic N) is 1. The molecule has 0 aromatic heterocycles. The van der Waals surface area contributed by atoms with E-state index in [1.54, 1.807) is 25.1 Å². The smallest absolute Gasteiger partial charge is 0.364 e. The second-order valence-electron chi connectivity index (χ2n) is 3.69. The monoisotopic (exact) mass is 317 g/mol. The van der Waals surface area contributed by atoms with Gasteiger partial charge in [-0.05, 0) is 19.1 Å². The molecule has 1 aromatic rings. The van der Waals surface area contributed by atoms with Gasteiger partial charge >= 0.3 is 5.97 Å². The summed E-state index contributed by atoms with van der Waals surface area (Å²) in [6.45, 7) is 2.90. The molecule has 0 saturated carbocycles. The van der Waals surface area contributed by atoms with Crippen LogP contribution in [-0.4, -0.2) is 24.1 Å². The largest absolute Gasteiger partial charge is 0.461 e. The SMILES string of the molecule is CCOC(=O)C(=NOCc1c(Cl)cccc1Cl)C(C)=O. The third kappa shape index (κ3) is 4.51. The Morgan fingerprint density at radius 2 is 1.85 bits per heavy atom. The maximum absolute atomic E-state index is 11.5. The number of hydrogen-bond donors (Lipinski definition) is 0. The third-order valence-corrected chi connectivity index (χ3v) is 2.94. The van der Waals surface area contributed by atoms with Crippen LogP contribution in [0.1, 0.15) is 19.4 Å². The van der Waals surface area contributed by atoms with Gasteiger partial charge in [-0.1, -0.05) is 34.4 Å². The summed E-state index contributed by atoms with van der Waals surface area (Å²) in [5.74, 6) is -1.38. The molecule has 0 bridgehead atoms. The highest BCUT2D eigenvalue weighted by Crippen LogP contribution is 2.24. The molecule has 7 heteroatoms. The Labute approximate surface area is 126 Å². The van der Waals surface area contributed by atoms with Crippen molar-refractivity contribution >= 4 is 40.7 Å². The van der Waals surface area contributed by atoms with Crippen molar-refractivity contribution in [3.63, 3.8) is 0 Å². The number of ether oxygens (including phenoxy) is 1. The van der Waals surface area contributed by atoms with Crippen molar-refractivity contribution < 1.29 is 19.2 Å². The van der Waals surface area contributed by atoms with Crippen LogP contribution in [0.5, 0.6) is 0 Å². The van der Waals surface area contributed by atoms with Gasteiger partial charge < -0.3 is 9.57 Å². The summed E-state index contributed by atoms with van der Waals surface area (Å²) in [7, 11) is 0. The number of esters is 1. The lowest BCUT2D eigenvalue weighted by Crippen LogP contribution is -2.24. The zero-order valence-electron chi connectivity index (χ0n) is 11.0. The number of halogens is 2. The van der Waals surface area contributed by atoms with Crippen LogP contribution in [0.4, 0.5) is 0 Å². The summed E-state index contributed by atoms with van der Waals surface area (Å²) in [5, 5.41) is 4.32. The zero-order valence-corrected chi connectivity index (χ0v) is 12.5. The van der Waals surface area contributed by atoms with E-state index in [1.807, 2.05) is 0 Å². The normalized spacial score (nSPS) is 11.1. The molecule has 0 fully saturated rings. The van der Waals surface area contributed by atoms with E-state index in [1.165, 1.54) is 6.92 Å². The molecule has 0 N–H and O–H groups in total. The molecule has 108 valence electrons. The Bertz CT molecular complexity index is 523. The first-order chi connectivity index (χ1) is 9.47.